The molecule has 0 aliphatic heterocycles. The van der Waals surface area contributed by atoms with Gasteiger partial charge in [0.2, 0.25) is 0 Å². The Balaban J connectivity index is 2.03. The molecule has 0 aliphatic rings. The molecule has 0 aliphatic carbocycles. The van der Waals surface area contributed by atoms with Crippen LogP contribution >= 0.6 is 11.6 Å². The minimum Gasteiger partial charge on any atom is -0.465 e. The summed E-state index contributed by atoms with van der Waals surface area (Å²) in [4.78, 5) is 21.1. The molecule has 166 valence electrons. The lowest BCUT2D eigenvalue weighted by atomic mass is 10.0. The number of esters is 1. The third-order valence-electron chi connectivity index (χ3n) is 4.91. The Morgan fingerprint density at radius 2 is 1.97 bits per heavy atom. The maximum Gasteiger partial charge on any atom is 0.338 e. The van der Waals surface area contributed by atoms with E-state index in [0.29, 0.717) is 39.1 Å². The summed E-state index contributed by atoms with van der Waals surface area (Å²) in [5, 5.41) is 3.81. The van der Waals surface area contributed by atoms with Gasteiger partial charge in [-0.2, -0.15) is 0 Å². The van der Waals surface area contributed by atoms with Gasteiger partial charge in [-0.15, -0.1) is 0 Å². The molecular formula is C23H23ClFN5O2. The number of ether oxygens (including phenoxy) is 1. The average molecular weight is 456 g/mol. The van der Waals surface area contributed by atoms with Crippen molar-refractivity contribution in [1.82, 2.24) is 18.9 Å². The summed E-state index contributed by atoms with van der Waals surface area (Å²) in [6.07, 6.45) is 3.29. The molecular weight excluding hydrogens is 433 g/mol. The van der Waals surface area contributed by atoms with Gasteiger partial charge in [-0.3, -0.25) is 4.40 Å². The van der Waals surface area contributed by atoms with Crippen LogP contribution in [0.25, 0.3) is 28.2 Å². The minimum atomic E-state index is -0.478. The number of hydrogen-bond donors (Lipinski definition) is 1. The Morgan fingerprint density at radius 3 is 2.59 bits per heavy atom. The summed E-state index contributed by atoms with van der Waals surface area (Å²) in [6, 6.07) is 7.99. The van der Waals surface area contributed by atoms with Crippen molar-refractivity contribution in [2.75, 3.05) is 12.4 Å². The predicted molar refractivity (Wildman–Crippen MR) is 123 cm³/mol. The number of hydrogen-bond acceptors (Lipinski definition) is 5. The Kier molecular flexibility index (Phi) is 5.42. The highest BCUT2D eigenvalue weighted by Gasteiger charge is 2.26. The van der Waals surface area contributed by atoms with E-state index in [1.165, 1.54) is 13.2 Å². The van der Waals surface area contributed by atoms with E-state index in [9.17, 15) is 4.79 Å². The molecule has 0 amide bonds. The number of imidazole rings is 2. The number of rotatable bonds is 4. The number of aryl methyl sites for hydroxylation is 1. The third kappa shape index (κ3) is 3.82. The molecule has 32 heavy (non-hydrogen) atoms. The number of aromatic nitrogens is 4. The van der Waals surface area contributed by atoms with Gasteiger partial charge >= 0.3 is 5.97 Å². The maximum atomic E-state index is 15.3. The molecule has 0 unspecified atom stereocenters. The topological polar surface area (TPSA) is 73.5 Å². The van der Waals surface area contributed by atoms with E-state index in [0.717, 1.165) is 0 Å². The smallest absolute Gasteiger partial charge is 0.338 e. The van der Waals surface area contributed by atoms with Gasteiger partial charge in [0.05, 0.1) is 19.0 Å². The van der Waals surface area contributed by atoms with Gasteiger partial charge in [0.15, 0.2) is 0 Å². The van der Waals surface area contributed by atoms with Crippen LogP contribution in [0.1, 0.15) is 31.1 Å². The maximum absolute atomic E-state index is 15.3. The molecule has 0 saturated heterocycles. The van der Waals surface area contributed by atoms with Gasteiger partial charge in [0, 0.05) is 29.9 Å². The Hall–Kier alpha value is -3.39. The molecule has 4 aromatic rings. The second-order valence-electron chi connectivity index (χ2n) is 8.48. The lowest BCUT2D eigenvalue weighted by molar-refractivity contribution is 0.0600. The van der Waals surface area contributed by atoms with Crippen molar-refractivity contribution in [2.45, 2.75) is 26.3 Å². The summed E-state index contributed by atoms with van der Waals surface area (Å²) in [7, 11) is 3.09. The van der Waals surface area contributed by atoms with Crippen LogP contribution < -0.4 is 5.32 Å². The summed E-state index contributed by atoms with van der Waals surface area (Å²) in [5.41, 5.74) is 2.10. The number of methoxy groups -OCH3 is 1. The molecule has 3 aromatic heterocycles. The van der Waals surface area contributed by atoms with Crippen LogP contribution in [0.15, 0.2) is 42.9 Å². The highest BCUT2D eigenvalue weighted by atomic mass is 35.5. The number of carbonyl (C=O) groups is 1. The monoisotopic (exact) mass is 455 g/mol. The first-order chi connectivity index (χ1) is 15.1. The largest absolute Gasteiger partial charge is 0.465 e. The van der Waals surface area contributed by atoms with Gasteiger partial charge in [-0.1, -0.05) is 23.7 Å². The number of halogens is 2. The van der Waals surface area contributed by atoms with Crippen LogP contribution in [0.3, 0.4) is 0 Å². The number of carbonyl (C=O) groups excluding carboxylic acids is 1. The Morgan fingerprint density at radius 1 is 1.22 bits per heavy atom. The van der Waals surface area contributed by atoms with E-state index in [4.69, 9.17) is 21.3 Å². The number of benzene rings is 1. The second-order valence-corrected chi connectivity index (χ2v) is 8.83. The van der Waals surface area contributed by atoms with Crippen LogP contribution in [0.2, 0.25) is 5.15 Å². The second kappa shape index (κ2) is 7.94. The van der Waals surface area contributed by atoms with Gasteiger partial charge < -0.3 is 14.6 Å². The fraction of sp³-hybridized carbons (Fsp3) is 0.261. The number of pyridine rings is 1. The van der Waals surface area contributed by atoms with Crippen molar-refractivity contribution in [3.8, 4) is 22.5 Å². The van der Waals surface area contributed by atoms with Gasteiger partial charge in [-0.25, -0.2) is 19.2 Å². The van der Waals surface area contributed by atoms with Crippen LogP contribution in [0.5, 0.6) is 0 Å². The summed E-state index contributed by atoms with van der Waals surface area (Å²) >= 11 is 6.44. The first-order valence-electron chi connectivity index (χ1n) is 9.95. The quantitative estimate of drug-likeness (QED) is 0.428. The predicted octanol–water partition coefficient (Wildman–Crippen LogP) is 5.19. The van der Waals surface area contributed by atoms with Crippen LogP contribution in [0, 0.1) is 5.82 Å². The first kappa shape index (κ1) is 21.8. The average Bonchev–Trinajstić information content (AvgIpc) is 3.25. The molecule has 0 spiro atoms. The summed E-state index contributed by atoms with van der Waals surface area (Å²) in [6.45, 7) is 5.99. The Bertz CT molecular complexity index is 1340. The summed E-state index contributed by atoms with van der Waals surface area (Å²) in [5.74, 6) is -0.352. The molecule has 4 rings (SSSR count). The zero-order chi connectivity index (χ0) is 23.2. The fourth-order valence-electron chi connectivity index (χ4n) is 3.50. The minimum absolute atomic E-state index is 0.267. The first-order valence-corrected chi connectivity index (χ1v) is 10.3. The van der Waals surface area contributed by atoms with Crippen LogP contribution in [-0.2, 0) is 11.8 Å². The van der Waals surface area contributed by atoms with E-state index in [1.54, 1.807) is 52.8 Å². The molecule has 0 bridgehead atoms. The standard InChI is InChI=1S/C23H23ClFN5O2/c1-23(2,3)28-21-19(27-16-11-13(22(31)32-5)9-10-30(16)21)17-14(7-6-8-15(17)25)18-20(24)29(4)12-26-18/h6-12,28H,1-5H3. The molecule has 7 nitrogen and oxygen atoms in total. The zero-order valence-corrected chi connectivity index (χ0v) is 19.2. The van der Waals surface area contributed by atoms with E-state index >= 15 is 4.39 Å². The summed E-state index contributed by atoms with van der Waals surface area (Å²) < 4.78 is 23.6. The highest BCUT2D eigenvalue weighted by molar-refractivity contribution is 6.32. The van der Waals surface area contributed by atoms with Crippen molar-refractivity contribution in [2.24, 2.45) is 7.05 Å². The molecule has 0 atom stereocenters. The molecule has 1 aromatic carbocycles. The lowest BCUT2D eigenvalue weighted by Gasteiger charge is -2.23. The van der Waals surface area contributed by atoms with Crippen LogP contribution in [0.4, 0.5) is 10.2 Å². The van der Waals surface area contributed by atoms with E-state index in [2.05, 4.69) is 10.3 Å². The van der Waals surface area contributed by atoms with Crippen molar-refractivity contribution < 1.29 is 13.9 Å². The number of nitrogens with zero attached hydrogens (tertiary/aromatic N) is 4. The van der Waals surface area contributed by atoms with E-state index in [-0.39, 0.29) is 11.1 Å². The van der Waals surface area contributed by atoms with Crippen molar-refractivity contribution in [3.63, 3.8) is 0 Å². The van der Waals surface area contributed by atoms with Crippen LogP contribution in [-0.4, -0.2) is 37.6 Å². The third-order valence-corrected chi connectivity index (χ3v) is 5.36. The van der Waals surface area contributed by atoms with Crippen molar-refractivity contribution in [3.05, 3.63) is 59.4 Å². The number of anilines is 1. The molecule has 0 fully saturated rings. The zero-order valence-electron chi connectivity index (χ0n) is 18.4. The molecule has 3 heterocycles. The normalized spacial score (nSPS) is 11.7. The van der Waals surface area contributed by atoms with Gasteiger partial charge in [-0.05, 0) is 39.0 Å². The number of nitrogens with one attached hydrogen (secondary N) is 1. The SMILES string of the molecule is COC(=O)c1ccn2c(NC(C)(C)C)c(-c3c(F)cccc3-c3ncn(C)c3Cl)nc2c1. The van der Waals surface area contributed by atoms with Gasteiger partial charge in [0.1, 0.15) is 33.8 Å². The molecule has 9 heteroatoms. The molecule has 0 saturated carbocycles. The van der Waals surface area contributed by atoms with Crippen molar-refractivity contribution >= 4 is 29.0 Å². The Labute approximate surface area is 189 Å². The molecule has 1 N–H and O–H groups in total. The van der Waals surface area contributed by atoms with Crippen molar-refractivity contribution in [1.29, 1.82) is 0 Å². The van der Waals surface area contributed by atoms with E-state index in [1.807, 2.05) is 20.8 Å². The molecule has 0 radical (unpaired) electrons. The fourth-order valence-corrected chi connectivity index (χ4v) is 3.69. The highest BCUT2D eigenvalue weighted by Crippen LogP contribution is 2.40. The van der Waals surface area contributed by atoms with Gasteiger partial charge in [0.25, 0.3) is 0 Å². The lowest BCUT2D eigenvalue weighted by Crippen LogP contribution is -2.27. The van der Waals surface area contributed by atoms with E-state index < -0.39 is 11.8 Å². The number of fused-ring (bicyclic) bond motifs is 1.